The van der Waals surface area contributed by atoms with E-state index in [0.717, 1.165) is 9.13 Å². The van der Waals surface area contributed by atoms with Crippen LogP contribution in [0.1, 0.15) is 20.8 Å². The van der Waals surface area contributed by atoms with Gasteiger partial charge in [0.25, 0.3) is 0 Å². The Balaban J connectivity index is 3.43. The van der Waals surface area contributed by atoms with Gasteiger partial charge >= 0.3 is 17.1 Å². The lowest BCUT2D eigenvalue weighted by Crippen LogP contribution is -2.57. The van der Waals surface area contributed by atoms with Gasteiger partial charge in [0.2, 0.25) is 5.91 Å². The molecule has 1 amide bonds. The van der Waals surface area contributed by atoms with E-state index in [9.17, 15) is 24.4 Å². The van der Waals surface area contributed by atoms with Crippen LogP contribution in [0.2, 0.25) is 0 Å². The van der Waals surface area contributed by atoms with E-state index in [-0.39, 0.29) is 19.0 Å². The van der Waals surface area contributed by atoms with Crippen LogP contribution in [0.3, 0.4) is 0 Å². The Bertz CT molecular complexity index is 880. The third-order valence-corrected chi connectivity index (χ3v) is 4.10. The van der Waals surface area contributed by atoms with Crippen molar-refractivity contribution in [2.75, 3.05) is 0 Å². The molecule has 0 spiro atoms. The molecule has 1 rings (SSSR count). The van der Waals surface area contributed by atoms with Crippen LogP contribution in [-0.2, 0) is 24.4 Å². The zero-order valence-electron chi connectivity index (χ0n) is 15.2. The molecule has 1 aromatic heterocycles. The van der Waals surface area contributed by atoms with Crippen molar-refractivity contribution in [3.63, 3.8) is 0 Å². The molecule has 1 N–H and O–H groups in total. The minimum atomic E-state index is -1.16. The Morgan fingerprint density at radius 2 is 1.54 bits per heavy atom. The summed E-state index contributed by atoms with van der Waals surface area (Å²) in [6.45, 7) is 11.2. The van der Waals surface area contributed by atoms with Crippen LogP contribution in [0.15, 0.2) is 39.7 Å². The maximum absolute atomic E-state index is 12.5. The number of aromatic nitrogens is 3. The predicted molar refractivity (Wildman–Crippen MR) is 96.6 cm³/mol. The van der Waals surface area contributed by atoms with E-state index < -0.39 is 35.1 Å². The van der Waals surface area contributed by atoms with Gasteiger partial charge in [0.15, 0.2) is 0 Å². The minimum Gasteiger partial charge on any atom is -0.336 e. The van der Waals surface area contributed by atoms with Crippen LogP contribution in [0.5, 0.6) is 0 Å². The van der Waals surface area contributed by atoms with Crippen molar-refractivity contribution in [3.05, 3.63) is 56.8 Å². The van der Waals surface area contributed by atoms with Crippen LogP contribution in [0, 0.1) is 17.2 Å². The molecule has 9 heteroatoms. The molecule has 0 bridgehead atoms. The normalized spacial score (nSPS) is 12.9. The summed E-state index contributed by atoms with van der Waals surface area (Å²) in [5, 5.41) is 11.8. The van der Waals surface area contributed by atoms with E-state index in [1.54, 1.807) is 20.8 Å². The van der Waals surface area contributed by atoms with Gasteiger partial charge < -0.3 is 5.32 Å². The quantitative estimate of drug-likeness (QED) is 0.632. The maximum atomic E-state index is 12.5. The molecule has 0 unspecified atom stereocenters. The molecule has 1 atom stereocenters. The predicted octanol–water partition coefficient (Wildman–Crippen LogP) is -0.402. The maximum Gasteiger partial charge on any atom is 0.337 e. The second-order valence-corrected chi connectivity index (χ2v) is 6.25. The highest BCUT2D eigenvalue weighted by molar-refractivity contribution is 5.77. The molecule has 9 nitrogen and oxygen atoms in total. The van der Waals surface area contributed by atoms with E-state index >= 15 is 0 Å². The highest BCUT2D eigenvalue weighted by atomic mass is 16.2. The van der Waals surface area contributed by atoms with Gasteiger partial charge in [0, 0.05) is 0 Å². The molecule has 0 fully saturated rings. The van der Waals surface area contributed by atoms with E-state index in [4.69, 9.17) is 0 Å². The summed E-state index contributed by atoms with van der Waals surface area (Å²) in [7, 11) is 0. The average molecular weight is 361 g/mol. The molecule has 1 aromatic rings. The molecule has 0 aliphatic carbocycles. The third kappa shape index (κ3) is 4.08. The van der Waals surface area contributed by atoms with Gasteiger partial charge in [-0.05, 0) is 12.8 Å². The van der Waals surface area contributed by atoms with Crippen molar-refractivity contribution >= 4 is 5.91 Å². The fourth-order valence-electron chi connectivity index (χ4n) is 2.16. The van der Waals surface area contributed by atoms with Crippen LogP contribution >= 0.6 is 0 Å². The molecular formula is C17H23N5O4. The number of hydrogen-bond acceptors (Lipinski definition) is 5. The van der Waals surface area contributed by atoms with Gasteiger partial charge in [-0.25, -0.2) is 28.1 Å². The third-order valence-electron chi connectivity index (χ3n) is 4.10. The Morgan fingerprint density at radius 3 is 1.88 bits per heavy atom. The van der Waals surface area contributed by atoms with Gasteiger partial charge in [-0.15, -0.1) is 13.2 Å². The smallest absolute Gasteiger partial charge is 0.336 e. The first-order valence-electron chi connectivity index (χ1n) is 8.01. The summed E-state index contributed by atoms with van der Waals surface area (Å²) in [4.78, 5) is 49.5. The van der Waals surface area contributed by atoms with Gasteiger partial charge in [0.05, 0.1) is 19.2 Å². The van der Waals surface area contributed by atoms with Crippen molar-refractivity contribution < 1.29 is 4.79 Å². The van der Waals surface area contributed by atoms with Crippen LogP contribution in [0.4, 0.5) is 0 Å². The zero-order chi connectivity index (χ0) is 20.1. The standard InChI is InChI=1S/C17H23N5O4/c1-6-8-20-14(24)21(9-7-2)16(26)22(15(20)25)10-13(23)19-17(5,11-18)12(3)4/h6-7,12H,1-2,8-10H2,3-5H3,(H,19,23)/t17-/m0/s1. The fourth-order valence-corrected chi connectivity index (χ4v) is 2.16. The van der Waals surface area contributed by atoms with Crippen LogP contribution in [-0.4, -0.2) is 25.1 Å². The van der Waals surface area contributed by atoms with Crippen molar-refractivity contribution in [1.29, 1.82) is 5.26 Å². The minimum absolute atomic E-state index is 0.112. The topological polar surface area (TPSA) is 119 Å². The molecule has 0 saturated heterocycles. The first-order chi connectivity index (χ1) is 12.1. The summed E-state index contributed by atoms with van der Waals surface area (Å²) >= 11 is 0. The molecule has 0 saturated carbocycles. The summed E-state index contributed by atoms with van der Waals surface area (Å²) in [5.74, 6) is -0.878. The van der Waals surface area contributed by atoms with Crippen molar-refractivity contribution in [3.8, 4) is 6.07 Å². The summed E-state index contributed by atoms with van der Waals surface area (Å²) in [6.07, 6.45) is 2.67. The highest BCUT2D eigenvalue weighted by Gasteiger charge is 2.30. The van der Waals surface area contributed by atoms with Crippen molar-refractivity contribution in [2.24, 2.45) is 5.92 Å². The molecule has 26 heavy (non-hydrogen) atoms. The Hall–Kier alpha value is -3.15. The number of nitrogens with one attached hydrogen (secondary N) is 1. The molecule has 0 radical (unpaired) electrons. The molecular weight excluding hydrogens is 338 g/mol. The summed E-state index contributed by atoms with van der Waals surface area (Å²) in [6, 6.07) is 2.01. The van der Waals surface area contributed by atoms with Crippen molar-refractivity contribution in [2.45, 2.75) is 45.9 Å². The number of hydrogen-bond donors (Lipinski definition) is 1. The number of allylic oxidation sites excluding steroid dienone is 2. The zero-order valence-corrected chi connectivity index (χ0v) is 15.2. The number of amides is 1. The number of nitrogens with zero attached hydrogens (tertiary/aromatic N) is 4. The van der Waals surface area contributed by atoms with Gasteiger partial charge in [-0.2, -0.15) is 5.26 Å². The van der Waals surface area contributed by atoms with Gasteiger partial charge in [0.1, 0.15) is 12.1 Å². The summed E-state index contributed by atoms with van der Waals surface area (Å²) in [5.41, 5.74) is -3.80. The molecule has 0 aliphatic heterocycles. The monoisotopic (exact) mass is 361 g/mol. The first kappa shape index (κ1) is 20.9. The van der Waals surface area contributed by atoms with E-state index in [0.29, 0.717) is 4.57 Å². The highest BCUT2D eigenvalue weighted by Crippen LogP contribution is 2.14. The number of carbonyl (C=O) groups is 1. The second kappa shape index (κ2) is 8.29. The Kier molecular flexibility index (Phi) is 6.66. The molecule has 1 heterocycles. The summed E-state index contributed by atoms with van der Waals surface area (Å²) < 4.78 is 2.26. The van der Waals surface area contributed by atoms with Crippen molar-refractivity contribution in [1.82, 2.24) is 19.0 Å². The molecule has 0 aliphatic rings. The fraction of sp³-hybridized carbons (Fsp3) is 0.471. The SMILES string of the molecule is C=CCn1c(=O)n(CC=C)c(=O)n(CC(=O)N[C@@](C)(C#N)C(C)C)c1=O. The average Bonchev–Trinajstić information content (AvgIpc) is 2.59. The lowest BCUT2D eigenvalue weighted by molar-refractivity contribution is -0.123. The van der Waals surface area contributed by atoms with Crippen LogP contribution < -0.4 is 22.4 Å². The Labute approximate surface area is 150 Å². The van der Waals surface area contributed by atoms with E-state index in [1.165, 1.54) is 12.2 Å². The van der Waals surface area contributed by atoms with E-state index in [2.05, 4.69) is 18.5 Å². The lowest BCUT2D eigenvalue weighted by atomic mass is 9.90. The van der Waals surface area contributed by atoms with Gasteiger partial charge in [-0.3, -0.25) is 4.79 Å². The number of rotatable bonds is 8. The van der Waals surface area contributed by atoms with Crippen LogP contribution in [0.25, 0.3) is 0 Å². The van der Waals surface area contributed by atoms with E-state index in [1.807, 2.05) is 6.07 Å². The number of nitriles is 1. The number of carbonyl (C=O) groups excluding carboxylic acids is 1. The molecule has 140 valence electrons. The first-order valence-corrected chi connectivity index (χ1v) is 8.01. The van der Waals surface area contributed by atoms with Gasteiger partial charge in [-0.1, -0.05) is 26.0 Å². The largest absolute Gasteiger partial charge is 0.337 e. The second-order valence-electron chi connectivity index (χ2n) is 6.25. The Morgan fingerprint density at radius 1 is 1.12 bits per heavy atom. The lowest BCUT2D eigenvalue weighted by Gasteiger charge is -2.27. The molecule has 0 aromatic carbocycles.